The summed E-state index contributed by atoms with van der Waals surface area (Å²) in [5, 5.41) is 2.89. The van der Waals surface area contributed by atoms with Crippen LogP contribution in [0.1, 0.15) is 49.7 Å². The van der Waals surface area contributed by atoms with Crippen molar-refractivity contribution in [2.45, 2.75) is 38.5 Å². The number of nitrogens with zero attached hydrogens (tertiary/aromatic N) is 1. The highest BCUT2D eigenvalue weighted by Crippen LogP contribution is 2.30. The molecular weight excluding hydrogens is 308 g/mol. The number of hydrogen-bond acceptors (Lipinski definition) is 2. The summed E-state index contributed by atoms with van der Waals surface area (Å²) >= 11 is 0. The average Bonchev–Trinajstić information content (AvgIpc) is 2.63. The van der Waals surface area contributed by atoms with E-state index in [0.717, 1.165) is 25.3 Å². The second kappa shape index (κ2) is 8.30. The lowest BCUT2D eigenvalue weighted by atomic mass is 9.88. The van der Waals surface area contributed by atoms with Gasteiger partial charge in [-0.15, -0.1) is 0 Å². The summed E-state index contributed by atoms with van der Waals surface area (Å²) in [6, 6.07) is 19.1. The molecule has 0 aliphatic carbocycles. The van der Waals surface area contributed by atoms with Gasteiger partial charge in [0.15, 0.2) is 0 Å². The van der Waals surface area contributed by atoms with Gasteiger partial charge in [0.1, 0.15) is 0 Å². The molecule has 0 saturated carbocycles. The van der Waals surface area contributed by atoms with Gasteiger partial charge in [-0.25, -0.2) is 0 Å². The van der Waals surface area contributed by atoms with E-state index in [1.54, 1.807) is 6.92 Å². The highest BCUT2D eigenvalue weighted by Gasteiger charge is 2.22. The van der Waals surface area contributed by atoms with E-state index < -0.39 is 0 Å². The number of carbonyl (C=O) groups is 1. The number of nitrogens with one attached hydrogen (secondary N) is 1. The van der Waals surface area contributed by atoms with E-state index in [1.807, 2.05) is 12.1 Å². The van der Waals surface area contributed by atoms with Gasteiger partial charge in [0.05, 0.1) is 0 Å². The fourth-order valence-electron chi connectivity index (χ4n) is 3.80. The molecule has 3 nitrogen and oxygen atoms in total. The summed E-state index contributed by atoms with van der Waals surface area (Å²) in [6.45, 7) is 7.29. The third-order valence-electron chi connectivity index (χ3n) is 5.17. The Balaban J connectivity index is 1.54. The standard InChI is InChI=1S/C22H28N2O/c1-17(19-7-4-3-5-8-19)16-24-13-11-20(12-14-24)21-9-6-10-22(15-21)23-18(2)25/h3-10,15,17,20H,11-14,16H2,1-2H3,(H,23,25). The minimum atomic E-state index is -0.0122. The van der Waals surface area contributed by atoms with Crippen molar-refractivity contribution in [3.63, 3.8) is 0 Å². The summed E-state index contributed by atoms with van der Waals surface area (Å²) in [5.74, 6) is 1.15. The fraction of sp³-hybridized carbons (Fsp3) is 0.409. The molecule has 0 spiro atoms. The molecule has 1 fully saturated rings. The molecule has 1 atom stereocenters. The van der Waals surface area contributed by atoms with Gasteiger partial charge in [0.25, 0.3) is 0 Å². The summed E-state index contributed by atoms with van der Waals surface area (Å²) in [5.41, 5.74) is 3.68. The van der Waals surface area contributed by atoms with Gasteiger partial charge < -0.3 is 10.2 Å². The molecule has 1 aliphatic heterocycles. The smallest absolute Gasteiger partial charge is 0.221 e. The first-order chi connectivity index (χ1) is 12.1. The minimum absolute atomic E-state index is 0.0122. The molecule has 25 heavy (non-hydrogen) atoms. The monoisotopic (exact) mass is 336 g/mol. The Morgan fingerprint density at radius 3 is 2.52 bits per heavy atom. The first-order valence-corrected chi connectivity index (χ1v) is 9.26. The van der Waals surface area contributed by atoms with Crippen LogP contribution in [0.5, 0.6) is 0 Å². The Hall–Kier alpha value is -2.13. The van der Waals surface area contributed by atoms with Gasteiger partial charge in [-0.1, -0.05) is 49.4 Å². The molecule has 1 amide bonds. The number of piperidine rings is 1. The zero-order chi connectivity index (χ0) is 17.6. The van der Waals surface area contributed by atoms with Crippen LogP contribution in [0.3, 0.4) is 0 Å². The Morgan fingerprint density at radius 2 is 1.84 bits per heavy atom. The van der Waals surface area contributed by atoms with E-state index in [0.29, 0.717) is 11.8 Å². The van der Waals surface area contributed by atoms with Crippen LogP contribution in [0.4, 0.5) is 5.69 Å². The molecule has 2 aromatic carbocycles. The summed E-state index contributed by atoms with van der Waals surface area (Å²) in [4.78, 5) is 13.8. The van der Waals surface area contributed by atoms with Crippen molar-refractivity contribution >= 4 is 11.6 Å². The molecule has 1 heterocycles. The first-order valence-electron chi connectivity index (χ1n) is 9.26. The number of hydrogen-bond donors (Lipinski definition) is 1. The Kier molecular flexibility index (Phi) is 5.87. The molecule has 3 heteroatoms. The zero-order valence-electron chi connectivity index (χ0n) is 15.2. The average molecular weight is 336 g/mol. The molecule has 1 saturated heterocycles. The number of anilines is 1. The van der Waals surface area contributed by atoms with Crippen LogP contribution >= 0.6 is 0 Å². The van der Waals surface area contributed by atoms with Crippen molar-refractivity contribution in [2.75, 3.05) is 25.0 Å². The lowest BCUT2D eigenvalue weighted by Crippen LogP contribution is -2.35. The summed E-state index contributed by atoms with van der Waals surface area (Å²) < 4.78 is 0. The number of likely N-dealkylation sites (tertiary alicyclic amines) is 1. The summed E-state index contributed by atoms with van der Waals surface area (Å²) in [6.07, 6.45) is 2.37. The van der Waals surface area contributed by atoms with Crippen molar-refractivity contribution < 1.29 is 4.79 Å². The van der Waals surface area contributed by atoms with E-state index in [9.17, 15) is 4.79 Å². The van der Waals surface area contributed by atoms with Crippen molar-refractivity contribution in [1.29, 1.82) is 0 Å². The van der Waals surface area contributed by atoms with Gasteiger partial charge in [0.2, 0.25) is 5.91 Å². The Bertz CT molecular complexity index is 690. The van der Waals surface area contributed by atoms with Crippen LogP contribution in [0.15, 0.2) is 54.6 Å². The fourth-order valence-corrected chi connectivity index (χ4v) is 3.80. The van der Waals surface area contributed by atoms with Gasteiger partial charge >= 0.3 is 0 Å². The molecule has 2 aromatic rings. The third kappa shape index (κ3) is 4.93. The maximum atomic E-state index is 11.2. The van der Waals surface area contributed by atoms with E-state index in [-0.39, 0.29) is 5.91 Å². The maximum Gasteiger partial charge on any atom is 0.221 e. The van der Waals surface area contributed by atoms with Crippen molar-refractivity contribution in [3.05, 3.63) is 65.7 Å². The minimum Gasteiger partial charge on any atom is -0.326 e. The number of benzene rings is 2. The molecule has 0 aromatic heterocycles. The van der Waals surface area contributed by atoms with Crippen LogP contribution in [0, 0.1) is 0 Å². The highest BCUT2D eigenvalue weighted by atomic mass is 16.1. The van der Waals surface area contributed by atoms with Gasteiger partial charge in [-0.3, -0.25) is 4.79 Å². The van der Waals surface area contributed by atoms with Crippen LogP contribution in [0.2, 0.25) is 0 Å². The molecule has 1 unspecified atom stereocenters. The van der Waals surface area contributed by atoms with Crippen molar-refractivity contribution in [2.24, 2.45) is 0 Å². The lowest BCUT2D eigenvalue weighted by Gasteiger charge is -2.34. The van der Waals surface area contributed by atoms with E-state index in [1.165, 1.54) is 24.0 Å². The predicted octanol–water partition coefficient (Wildman–Crippen LogP) is 4.63. The first kappa shape index (κ1) is 17.7. The quantitative estimate of drug-likeness (QED) is 0.863. The van der Waals surface area contributed by atoms with Crippen LogP contribution in [-0.2, 0) is 4.79 Å². The molecule has 1 N–H and O–H groups in total. The third-order valence-corrected chi connectivity index (χ3v) is 5.17. The van der Waals surface area contributed by atoms with Gasteiger partial charge in [0, 0.05) is 19.2 Å². The van der Waals surface area contributed by atoms with Crippen LogP contribution < -0.4 is 5.32 Å². The molecule has 0 radical (unpaired) electrons. The SMILES string of the molecule is CC(=O)Nc1cccc(C2CCN(CC(C)c3ccccc3)CC2)c1. The largest absolute Gasteiger partial charge is 0.326 e. The van der Waals surface area contributed by atoms with Crippen molar-refractivity contribution in [1.82, 2.24) is 4.90 Å². The molecule has 132 valence electrons. The number of carbonyl (C=O) groups excluding carboxylic acids is 1. The Morgan fingerprint density at radius 1 is 1.12 bits per heavy atom. The zero-order valence-corrected chi connectivity index (χ0v) is 15.2. The van der Waals surface area contributed by atoms with E-state index >= 15 is 0 Å². The van der Waals surface area contributed by atoms with Gasteiger partial charge in [-0.05, 0) is 61.0 Å². The van der Waals surface area contributed by atoms with Gasteiger partial charge in [-0.2, -0.15) is 0 Å². The second-order valence-corrected chi connectivity index (χ2v) is 7.19. The van der Waals surface area contributed by atoms with Crippen LogP contribution in [-0.4, -0.2) is 30.4 Å². The number of rotatable bonds is 5. The predicted molar refractivity (Wildman–Crippen MR) is 104 cm³/mol. The second-order valence-electron chi connectivity index (χ2n) is 7.19. The molecule has 3 rings (SSSR count). The van der Waals surface area contributed by atoms with E-state index in [4.69, 9.17) is 0 Å². The normalized spacial score (nSPS) is 17.2. The topological polar surface area (TPSA) is 32.3 Å². The van der Waals surface area contributed by atoms with E-state index in [2.05, 4.69) is 59.6 Å². The van der Waals surface area contributed by atoms with Crippen molar-refractivity contribution in [3.8, 4) is 0 Å². The lowest BCUT2D eigenvalue weighted by molar-refractivity contribution is -0.114. The molecular formula is C22H28N2O. The highest BCUT2D eigenvalue weighted by molar-refractivity contribution is 5.88. The number of amides is 1. The maximum absolute atomic E-state index is 11.2. The summed E-state index contributed by atoms with van der Waals surface area (Å²) in [7, 11) is 0. The Labute approximate surface area is 151 Å². The molecule has 0 bridgehead atoms. The molecule has 1 aliphatic rings. The van der Waals surface area contributed by atoms with Crippen LogP contribution in [0.25, 0.3) is 0 Å².